The molecule has 0 saturated carbocycles. The van der Waals surface area contributed by atoms with Crippen LogP contribution in [-0.4, -0.2) is 15.0 Å². The van der Waals surface area contributed by atoms with Crippen molar-refractivity contribution in [3.05, 3.63) is 188 Å². The Morgan fingerprint density at radius 1 is 0.411 bits per heavy atom. The van der Waals surface area contributed by atoms with Crippen LogP contribution in [0.1, 0.15) is 27.4 Å². The van der Waals surface area contributed by atoms with Crippen LogP contribution in [0.25, 0.3) is 110 Å². The lowest BCUT2D eigenvalue weighted by Crippen LogP contribution is -1.99. The lowest BCUT2D eigenvalue weighted by atomic mass is 9.92. The van der Waals surface area contributed by atoms with Gasteiger partial charge in [0, 0.05) is 53.2 Å². The summed E-state index contributed by atoms with van der Waals surface area (Å²) in [5.74, 6) is 0.265. The second kappa shape index (κ2) is 13.3. The summed E-state index contributed by atoms with van der Waals surface area (Å²) in [5, 5.41) is -1.22. The van der Waals surface area contributed by atoms with Gasteiger partial charge in [-0.2, -0.15) is 0 Å². The first kappa shape index (κ1) is 17.9. The van der Waals surface area contributed by atoms with Crippen molar-refractivity contribution in [3.63, 3.8) is 0 Å². The lowest BCUT2D eigenvalue weighted by molar-refractivity contribution is 0.670. The highest BCUT2D eigenvalue weighted by atomic mass is 32.1. The molecular formula is C51H31N3OS. The first-order valence-electron chi connectivity index (χ1n) is 27.1. The number of rotatable bonds is 6. The third-order valence-electron chi connectivity index (χ3n) is 9.06. The Balaban J connectivity index is 1.26. The maximum atomic E-state index is 9.77. The van der Waals surface area contributed by atoms with E-state index < -0.39 is 165 Å². The van der Waals surface area contributed by atoms with Crippen molar-refractivity contribution in [2.45, 2.75) is 0 Å². The molecule has 0 spiro atoms. The van der Waals surface area contributed by atoms with Crippen molar-refractivity contribution >= 4 is 53.4 Å². The monoisotopic (exact) mass is 753 g/mol. The number of furan rings is 1. The molecule has 11 aromatic rings. The molecule has 0 aliphatic heterocycles. The summed E-state index contributed by atoms with van der Waals surface area (Å²) >= 11 is 0.779. The molecule has 0 N–H and O–H groups in total. The maximum absolute atomic E-state index is 9.77. The second-order valence-corrected chi connectivity index (χ2v) is 13.4. The molecule has 5 heteroatoms. The first-order chi connectivity index (χ1) is 36.1. The van der Waals surface area contributed by atoms with Crippen molar-refractivity contribution < 1.29 is 31.8 Å². The molecule has 0 aliphatic rings. The van der Waals surface area contributed by atoms with Crippen molar-refractivity contribution in [3.8, 4) is 67.5 Å². The van der Waals surface area contributed by atoms with E-state index in [1.54, 1.807) is 60.7 Å². The highest BCUT2D eigenvalue weighted by molar-refractivity contribution is 7.26. The standard InChI is InChI=1S/C51H31N3OS/c1-4-13-32(14-5-1)33-23-25-34(26-24-33)38-29-30-40(48-47(38)41-19-10-11-21-43(41)55-48)39-20-12-22-44-46(39)42-28-27-37(31-45(42)56-44)51-53-49(35-15-6-2-7-16-35)52-50(54-51)36-17-8-3-9-18-36/h1-31H/i1D,4D,5D,10D,11D,12D,13D,19D,20D,21D,22D,23D,24D,25D,26D,27D,28D,29D,30D,31D. The number of fused-ring (bicyclic) bond motifs is 6. The van der Waals surface area contributed by atoms with Gasteiger partial charge < -0.3 is 4.42 Å². The summed E-state index contributed by atoms with van der Waals surface area (Å²) in [6, 6.07) is 4.62. The van der Waals surface area contributed by atoms with E-state index in [-0.39, 0.29) is 54.8 Å². The predicted molar refractivity (Wildman–Crippen MR) is 233 cm³/mol. The Morgan fingerprint density at radius 3 is 1.84 bits per heavy atom. The molecule has 56 heavy (non-hydrogen) atoms. The van der Waals surface area contributed by atoms with E-state index in [1.165, 1.54) is 0 Å². The minimum Gasteiger partial charge on any atom is -0.455 e. The molecule has 0 fully saturated rings. The molecule has 8 aromatic carbocycles. The van der Waals surface area contributed by atoms with E-state index in [0.717, 1.165) is 17.4 Å². The molecule has 0 aliphatic carbocycles. The van der Waals surface area contributed by atoms with Crippen LogP contribution in [0.4, 0.5) is 0 Å². The van der Waals surface area contributed by atoms with Gasteiger partial charge in [-0.3, -0.25) is 0 Å². The van der Waals surface area contributed by atoms with E-state index in [1.807, 2.05) is 0 Å². The van der Waals surface area contributed by atoms with Crippen molar-refractivity contribution in [2.75, 3.05) is 0 Å². The third kappa shape index (κ3) is 5.48. The summed E-state index contributed by atoms with van der Waals surface area (Å²) < 4.78 is 188. The van der Waals surface area contributed by atoms with E-state index >= 15 is 0 Å². The zero-order valence-electron chi connectivity index (χ0n) is 48.5. The Kier molecular flexibility index (Phi) is 4.25. The fraction of sp³-hybridized carbons (Fsp3) is 0. The van der Waals surface area contributed by atoms with Gasteiger partial charge in [0.25, 0.3) is 0 Å². The molecule has 0 bridgehead atoms. The highest BCUT2D eigenvalue weighted by Gasteiger charge is 2.21. The molecule has 3 heterocycles. The quantitative estimate of drug-likeness (QED) is 0.170. The van der Waals surface area contributed by atoms with Gasteiger partial charge in [0.15, 0.2) is 17.5 Å². The zero-order valence-corrected chi connectivity index (χ0v) is 29.3. The van der Waals surface area contributed by atoms with Crippen molar-refractivity contribution in [1.82, 2.24) is 15.0 Å². The predicted octanol–water partition coefficient (Wildman–Crippen LogP) is 14.1. The van der Waals surface area contributed by atoms with Gasteiger partial charge >= 0.3 is 0 Å². The minimum atomic E-state index is -0.879. The van der Waals surface area contributed by atoms with Gasteiger partial charge in [0.2, 0.25) is 0 Å². The summed E-state index contributed by atoms with van der Waals surface area (Å²) in [6.07, 6.45) is 0. The van der Waals surface area contributed by atoms with Gasteiger partial charge in [-0.05, 0) is 52.0 Å². The molecule has 0 amide bonds. The van der Waals surface area contributed by atoms with Crippen LogP contribution < -0.4 is 0 Å². The highest BCUT2D eigenvalue weighted by Crippen LogP contribution is 2.46. The molecule has 262 valence electrons. The largest absolute Gasteiger partial charge is 0.455 e. The number of thiophene rings is 1. The number of para-hydroxylation sites is 1. The molecule has 0 radical (unpaired) electrons. The fourth-order valence-corrected chi connectivity index (χ4v) is 7.52. The van der Waals surface area contributed by atoms with Crippen LogP contribution in [-0.2, 0) is 0 Å². The lowest BCUT2D eigenvalue weighted by Gasteiger charge is -2.11. The van der Waals surface area contributed by atoms with Crippen LogP contribution in [0.15, 0.2) is 192 Å². The van der Waals surface area contributed by atoms with Crippen LogP contribution in [0, 0.1) is 0 Å². The van der Waals surface area contributed by atoms with Crippen molar-refractivity contribution in [1.29, 1.82) is 0 Å². The Morgan fingerprint density at radius 2 is 1.07 bits per heavy atom. The van der Waals surface area contributed by atoms with Gasteiger partial charge in [-0.1, -0.05) is 163 Å². The van der Waals surface area contributed by atoms with Gasteiger partial charge in [0.05, 0.1) is 27.4 Å². The fourth-order valence-electron chi connectivity index (χ4n) is 6.50. The number of nitrogens with zero attached hydrogens (tertiary/aromatic N) is 3. The van der Waals surface area contributed by atoms with E-state index in [9.17, 15) is 12.3 Å². The molecule has 0 unspecified atom stereocenters. The Bertz CT molecular complexity index is 4330. The SMILES string of the molecule is [2H]c1cc(-c2c([2H])c([2H])c(-c3c([2H])c([2H])c(-c4c([2H])c([2H])c([2H])c5sc6c([2H])c(-c7nc(-c8ccccc8)nc(-c8ccccc8)n7)c([2H])c([2H])c6c45)c4oc5c([2H])c([2H])c([2H])c([2H])c5c34)c([2H])c2[2H])c([2H])c([2H])c1[2H]. The van der Waals surface area contributed by atoms with E-state index in [4.69, 9.17) is 34.4 Å². The summed E-state index contributed by atoms with van der Waals surface area (Å²) in [4.78, 5) is 14.1. The van der Waals surface area contributed by atoms with Crippen LogP contribution in [0.3, 0.4) is 0 Å². The van der Waals surface area contributed by atoms with Gasteiger partial charge in [0.1, 0.15) is 11.2 Å². The number of hydrogen-bond acceptors (Lipinski definition) is 5. The topological polar surface area (TPSA) is 51.8 Å². The molecule has 4 nitrogen and oxygen atoms in total. The minimum absolute atomic E-state index is 0.0182. The maximum Gasteiger partial charge on any atom is 0.164 e. The van der Waals surface area contributed by atoms with Crippen molar-refractivity contribution in [2.24, 2.45) is 0 Å². The number of benzene rings is 8. The van der Waals surface area contributed by atoms with E-state index in [0.29, 0.717) is 11.1 Å². The van der Waals surface area contributed by atoms with E-state index in [2.05, 4.69) is 0 Å². The average Bonchev–Trinajstić information content (AvgIpc) is 4.12. The molecule has 3 aromatic heterocycles. The second-order valence-electron chi connectivity index (χ2n) is 12.4. The van der Waals surface area contributed by atoms with Crippen LogP contribution in [0.2, 0.25) is 0 Å². The number of hydrogen-bond donors (Lipinski definition) is 0. The van der Waals surface area contributed by atoms with Crippen LogP contribution in [0.5, 0.6) is 0 Å². The number of aromatic nitrogens is 3. The normalized spacial score (nSPS) is 16.6. The summed E-state index contributed by atoms with van der Waals surface area (Å²) in [6.45, 7) is 0. The van der Waals surface area contributed by atoms with Gasteiger partial charge in [-0.15, -0.1) is 11.3 Å². The van der Waals surface area contributed by atoms with Gasteiger partial charge in [-0.25, -0.2) is 15.0 Å². The third-order valence-corrected chi connectivity index (χ3v) is 10.1. The first-order valence-corrected chi connectivity index (χ1v) is 17.9. The molecule has 11 rings (SSSR count). The summed E-state index contributed by atoms with van der Waals surface area (Å²) in [5.41, 5.74) is -3.18. The molecule has 0 saturated heterocycles. The Hall–Kier alpha value is -7.21. The smallest absolute Gasteiger partial charge is 0.164 e. The zero-order chi connectivity index (χ0) is 54.4. The van der Waals surface area contributed by atoms with Crippen LogP contribution >= 0.6 is 11.3 Å². The molecule has 0 atom stereocenters. The average molecular weight is 754 g/mol. The Labute approximate surface area is 355 Å². The summed E-state index contributed by atoms with van der Waals surface area (Å²) in [7, 11) is 0. The molecular weight excluding hydrogens is 703 g/mol.